The SMILES string of the molecule is CC(CC1CC(C(C)(C)C)C1)OCCOC1CC(OC(C)(C)C)C1. The second kappa shape index (κ2) is 8.05. The van der Waals surface area contributed by atoms with Gasteiger partial charge in [-0.15, -0.1) is 0 Å². The Hall–Kier alpha value is -0.120. The quantitative estimate of drug-likeness (QED) is 0.567. The first-order valence-electron chi connectivity index (χ1n) is 9.94. The highest BCUT2D eigenvalue weighted by Gasteiger charge is 2.37. The summed E-state index contributed by atoms with van der Waals surface area (Å²) in [6.07, 6.45) is 7.14. The Kier molecular flexibility index (Phi) is 6.78. The van der Waals surface area contributed by atoms with Gasteiger partial charge in [0.15, 0.2) is 0 Å². The summed E-state index contributed by atoms with van der Waals surface area (Å²) in [6, 6.07) is 0. The van der Waals surface area contributed by atoms with E-state index in [1.165, 1.54) is 19.3 Å². The molecule has 0 N–H and O–H groups in total. The van der Waals surface area contributed by atoms with Crippen molar-refractivity contribution >= 4 is 0 Å². The van der Waals surface area contributed by atoms with Crippen LogP contribution in [0.4, 0.5) is 0 Å². The minimum Gasteiger partial charge on any atom is -0.376 e. The zero-order valence-corrected chi connectivity index (χ0v) is 17.1. The summed E-state index contributed by atoms with van der Waals surface area (Å²) in [5, 5.41) is 0. The van der Waals surface area contributed by atoms with E-state index in [1.54, 1.807) is 0 Å². The van der Waals surface area contributed by atoms with Crippen LogP contribution >= 0.6 is 0 Å². The maximum atomic E-state index is 5.94. The summed E-state index contributed by atoms with van der Waals surface area (Å²) < 4.78 is 17.7. The van der Waals surface area contributed by atoms with Gasteiger partial charge >= 0.3 is 0 Å². The Labute approximate surface area is 149 Å². The number of rotatable bonds is 8. The molecule has 1 atom stereocenters. The molecule has 2 aliphatic carbocycles. The van der Waals surface area contributed by atoms with Crippen molar-refractivity contribution in [3.63, 3.8) is 0 Å². The molecule has 2 aliphatic rings. The summed E-state index contributed by atoms with van der Waals surface area (Å²) in [6.45, 7) is 17.1. The third-order valence-corrected chi connectivity index (χ3v) is 5.54. The summed E-state index contributed by atoms with van der Waals surface area (Å²) in [7, 11) is 0. The lowest BCUT2D eigenvalue weighted by Gasteiger charge is -2.44. The smallest absolute Gasteiger partial charge is 0.0704 e. The highest BCUT2D eigenvalue weighted by molar-refractivity contribution is 4.88. The average Bonchev–Trinajstić information content (AvgIpc) is 2.31. The molecule has 142 valence electrons. The van der Waals surface area contributed by atoms with Crippen molar-refractivity contribution in [2.24, 2.45) is 17.3 Å². The highest BCUT2D eigenvalue weighted by atomic mass is 16.5. The van der Waals surface area contributed by atoms with Gasteiger partial charge in [-0.3, -0.25) is 0 Å². The van der Waals surface area contributed by atoms with Gasteiger partial charge in [0.05, 0.1) is 37.1 Å². The van der Waals surface area contributed by atoms with Crippen molar-refractivity contribution in [2.45, 2.75) is 104 Å². The number of ether oxygens (including phenoxy) is 3. The fourth-order valence-electron chi connectivity index (χ4n) is 3.89. The Balaban J connectivity index is 1.45. The van der Waals surface area contributed by atoms with E-state index in [2.05, 4.69) is 48.5 Å². The maximum Gasteiger partial charge on any atom is 0.0704 e. The Morgan fingerprint density at radius 3 is 2.04 bits per heavy atom. The lowest BCUT2D eigenvalue weighted by atomic mass is 9.62. The van der Waals surface area contributed by atoms with Crippen LogP contribution < -0.4 is 0 Å². The van der Waals surface area contributed by atoms with Crippen molar-refractivity contribution in [1.29, 1.82) is 0 Å². The summed E-state index contributed by atoms with van der Waals surface area (Å²) in [4.78, 5) is 0. The van der Waals surface area contributed by atoms with Crippen LogP contribution in [0.15, 0.2) is 0 Å². The molecular formula is C21H40O3. The van der Waals surface area contributed by atoms with Gasteiger partial charge in [-0.25, -0.2) is 0 Å². The van der Waals surface area contributed by atoms with Crippen molar-refractivity contribution in [3.05, 3.63) is 0 Å². The summed E-state index contributed by atoms with van der Waals surface area (Å²) >= 11 is 0. The molecule has 0 spiro atoms. The van der Waals surface area contributed by atoms with Gasteiger partial charge in [0.25, 0.3) is 0 Å². The van der Waals surface area contributed by atoms with Crippen molar-refractivity contribution in [1.82, 2.24) is 0 Å². The molecule has 0 bridgehead atoms. The highest BCUT2D eigenvalue weighted by Crippen LogP contribution is 2.46. The van der Waals surface area contributed by atoms with E-state index >= 15 is 0 Å². The molecule has 2 rings (SSSR count). The minimum absolute atomic E-state index is 0.0400. The van der Waals surface area contributed by atoms with Crippen LogP contribution in [-0.2, 0) is 14.2 Å². The maximum absolute atomic E-state index is 5.94. The van der Waals surface area contributed by atoms with Gasteiger partial charge < -0.3 is 14.2 Å². The van der Waals surface area contributed by atoms with E-state index in [0.717, 1.165) is 31.3 Å². The van der Waals surface area contributed by atoms with Crippen LogP contribution in [0.25, 0.3) is 0 Å². The molecule has 0 aromatic carbocycles. The van der Waals surface area contributed by atoms with Gasteiger partial charge in [0.1, 0.15) is 0 Å². The van der Waals surface area contributed by atoms with E-state index < -0.39 is 0 Å². The van der Waals surface area contributed by atoms with Crippen molar-refractivity contribution in [3.8, 4) is 0 Å². The second-order valence-electron chi connectivity index (χ2n) is 10.1. The molecule has 0 radical (unpaired) electrons. The molecule has 0 heterocycles. The Bertz CT molecular complexity index is 368. The fraction of sp³-hybridized carbons (Fsp3) is 1.00. The summed E-state index contributed by atoms with van der Waals surface area (Å²) in [5.74, 6) is 1.77. The molecule has 0 aromatic heterocycles. The zero-order chi connectivity index (χ0) is 18.0. The summed E-state index contributed by atoms with van der Waals surface area (Å²) in [5.41, 5.74) is 0.438. The topological polar surface area (TPSA) is 27.7 Å². The van der Waals surface area contributed by atoms with Gasteiger partial charge in [0.2, 0.25) is 0 Å². The molecule has 3 heteroatoms. The van der Waals surface area contributed by atoms with E-state index in [-0.39, 0.29) is 5.60 Å². The predicted molar refractivity (Wildman–Crippen MR) is 99.3 cm³/mol. The third-order valence-electron chi connectivity index (χ3n) is 5.54. The lowest BCUT2D eigenvalue weighted by Crippen LogP contribution is -2.42. The predicted octanol–water partition coefficient (Wildman–Crippen LogP) is 5.22. The first-order chi connectivity index (χ1) is 11.0. The third kappa shape index (κ3) is 6.65. The zero-order valence-electron chi connectivity index (χ0n) is 17.1. The molecule has 2 saturated carbocycles. The van der Waals surface area contributed by atoms with Gasteiger partial charge in [-0.2, -0.15) is 0 Å². The minimum atomic E-state index is -0.0400. The molecule has 0 aromatic rings. The average molecular weight is 341 g/mol. The molecule has 0 amide bonds. The first kappa shape index (κ1) is 20.2. The molecule has 3 nitrogen and oxygen atoms in total. The normalized spacial score (nSPS) is 32.1. The Morgan fingerprint density at radius 1 is 0.875 bits per heavy atom. The standard InChI is InChI=1S/C21H40O3/c1-15(10-16-11-17(12-16)20(2,3)4)22-8-9-23-18-13-19(14-18)24-21(5,6)7/h15-19H,8-14H2,1-7H3. The molecule has 0 saturated heterocycles. The van der Waals surface area contributed by atoms with Crippen molar-refractivity contribution < 1.29 is 14.2 Å². The monoisotopic (exact) mass is 340 g/mol. The van der Waals surface area contributed by atoms with E-state index in [4.69, 9.17) is 14.2 Å². The van der Waals surface area contributed by atoms with E-state index in [0.29, 0.717) is 30.3 Å². The van der Waals surface area contributed by atoms with Gasteiger partial charge in [-0.1, -0.05) is 20.8 Å². The van der Waals surface area contributed by atoms with Crippen LogP contribution in [0.2, 0.25) is 0 Å². The van der Waals surface area contributed by atoms with Crippen LogP contribution in [-0.4, -0.2) is 37.1 Å². The molecule has 0 aliphatic heterocycles. The number of hydrogen-bond acceptors (Lipinski definition) is 3. The van der Waals surface area contributed by atoms with Crippen LogP contribution in [0.5, 0.6) is 0 Å². The molecular weight excluding hydrogens is 300 g/mol. The van der Waals surface area contributed by atoms with Crippen molar-refractivity contribution in [2.75, 3.05) is 13.2 Å². The van der Waals surface area contributed by atoms with Crippen LogP contribution in [0.1, 0.15) is 80.6 Å². The molecule has 24 heavy (non-hydrogen) atoms. The first-order valence-corrected chi connectivity index (χ1v) is 9.94. The lowest BCUT2D eigenvalue weighted by molar-refractivity contribution is -0.154. The van der Waals surface area contributed by atoms with E-state index in [9.17, 15) is 0 Å². The second-order valence-corrected chi connectivity index (χ2v) is 10.1. The largest absolute Gasteiger partial charge is 0.376 e. The molecule has 2 fully saturated rings. The fourth-order valence-corrected chi connectivity index (χ4v) is 3.89. The van der Waals surface area contributed by atoms with E-state index in [1.807, 2.05) is 0 Å². The van der Waals surface area contributed by atoms with Gasteiger partial charge in [0, 0.05) is 0 Å². The number of hydrogen-bond donors (Lipinski definition) is 0. The Morgan fingerprint density at radius 2 is 1.50 bits per heavy atom. The van der Waals surface area contributed by atoms with Gasteiger partial charge in [-0.05, 0) is 77.0 Å². The van der Waals surface area contributed by atoms with Crippen LogP contribution in [0.3, 0.4) is 0 Å². The van der Waals surface area contributed by atoms with Crippen LogP contribution in [0, 0.1) is 17.3 Å². The molecule has 1 unspecified atom stereocenters.